The Bertz CT molecular complexity index is 861. The van der Waals surface area contributed by atoms with Crippen molar-refractivity contribution in [2.75, 3.05) is 31.6 Å². The lowest BCUT2D eigenvalue weighted by Crippen LogP contribution is -2.40. The van der Waals surface area contributed by atoms with Gasteiger partial charge >= 0.3 is 0 Å². The maximum absolute atomic E-state index is 4.51. The average Bonchev–Trinajstić information content (AvgIpc) is 3.06. The molecule has 1 aliphatic carbocycles. The Balaban J connectivity index is 0.000000146. The Kier molecular flexibility index (Phi) is 7.37. The Morgan fingerprint density at radius 1 is 0.844 bits per heavy atom. The molecule has 2 fully saturated rings. The highest BCUT2D eigenvalue weighted by molar-refractivity contribution is 7.99. The summed E-state index contributed by atoms with van der Waals surface area (Å²) in [5.74, 6) is 2.62. The summed E-state index contributed by atoms with van der Waals surface area (Å²) in [6.45, 7) is 15.5. The molecule has 178 valence electrons. The molecule has 2 spiro atoms. The minimum absolute atomic E-state index is 0.464. The van der Waals surface area contributed by atoms with Gasteiger partial charge in [0.15, 0.2) is 0 Å². The molecule has 0 amide bonds. The van der Waals surface area contributed by atoms with Gasteiger partial charge in [-0.1, -0.05) is 13.8 Å². The van der Waals surface area contributed by atoms with E-state index in [4.69, 9.17) is 0 Å². The molecule has 5 heterocycles. The Morgan fingerprint density at radius 2 is 1.47 bits per heavy atom. The van der Waals surface area contributed by atoms with Crippen LogP contribution < -0.4 is 0 Å². The third-order valence-electron chi connectivity index (χ3n) is 7.39. The number of fused-ring (bicyclic) bond motifs is 2. The van der Waals surface area contributed by atoms with Gasteiger partial charge < -0.3 is 0 Å². The summed E-state index contributed by atoms with van der Waals surface area (Å²) in [5, 5.41) is 8.89. The molecule has 1 saturated carbocycles. The van der Waals surface area contributed by atoms with Gasteiger partial charge in [-0.25, -0.2) is 0 Å². The summed E-state index contributed by atoms with van der Waals surface area (Å²) >= 11 is 2.11. The molecule has 1 saturated heterocycles. The fourth-order valence-corrected chi connectivity index (χ4v) is 6.85. The summed E-state index contributed by atoms with van der Waals surface area (Å²) in [6.07, 6.45) is 7.99. The summed E-state index contributed by atoms with van der Waals surface area (Å²) in [7, 11) is 2.21. The zero-order valence-electron chi connectivity index (χ0n) is 20.8. The molecule has 2 aromatic heterocycles. The minimum Gasteiger partial charge on any atom is -0.300 e. The molecule has 6 nitrogen and oxygen atoms in total. The van der Waals surface area contributed by atoms with Crippen molar-refractivity contribution in [3.8, 4) is 0 Å². The molecule has 6 rings (SSSR count). The van der Waals surface area contributed by atoms with Crippen molar-refractivity contribution in [3.05, 3.63) is 35.9 Å². The SMILES string of the molecule is CC.CC(C)N1Cc2ccnn2CC2(CCSC2)C1.CN1Cc2ccnn2CC2(CC2)C1. The van der Waals surface area contributed by atoms with E-state index in [1.165, 1.54) is 55.2 Å². The average molecular weight is 459 g/mol. The fraction of sp³-hybridized carbons (Fsp3) is 0.760. The van der Waals surface area contributed by atoms with Crippen LogP contribution in [0.5, 0.6) is 0 Å². The summed E-state index contributed by atoms with van der Waals surface area (Å²) < 4.78 is 4.44. The number of rotatable bonds is 1. The lowest BCUT2D eigenvalue weighted by Gasteiger charge is -2.33. The first-order valence-corrected chi connectivity index (χ1v) is 13.6. The molecule has 0 radical (unpaired) electrons. The molecule has 0 N–H and O–H groups in total. The predicted octanol–water partition coefficient (Wildman–Crippen LogP) is 4.37. The van der Waals surface area contributed by atoms with E-state index in [0.717, 1.165) is 26.2 Å². The van der Waals surface area contributed by atoms with Crippen LogP contribution in [0.15, 0.2) is 24.5 Å². The van der Waals surface area contributed by atoms with Gasteiger partial charge in [0, 0.05) is 74.3 Å². The predicted molar refractivity (Wildman–Crippen MR) is 134 cm³/mol. The van der Waals surface area contributed by atoms with E-state index in [-0.39, 0.29) is 0 Å². The first-order valence-electron chi connectivity index (χ1n) is 12.5. The topological polar surface area (TPSA) is 42.1 Å². The Morgan fingerprint density at radius 3 is 2.03 bits per heavy atom. The first kappa shape index (κ1) is 23.8. The second-order valence-electron chi connectivity index (χ2n) is 10.4. The van der Waals surface area contributed by atoms with E-state index in [1.54, 1.807) is 0 Å². The summed E-state index contributed by atoms with van der Waals surface area (Å²) in [4.78, 5) is 5.04. The molecule has 32 heavy (non-hydrogen) atoms. The summed E-state index contributed by atoms with van der Waals surface area (Å²) in [5.41, 5.74) is 3.79. The Labute approximate surface area is 198 Å². The molecule has 1 atom stereocenters. The highest BCUT2D eigenvalue weighted by atomic mass is 32.2. The molecular weight excluding hydrogens is 416 g/mol. The van der Waals surface area contributed by atoms with Gasteiger partial charge in [-0.2, -0.15) is 22.0 Å². The minimum atomic E-state index is 0.464. The molecule has 2 aromatic rings. The van der Waals surface area contributed by atoms with Gasteiger partial charge in [-0.3, -0.25) is 19.2 Å². The lowest BCUT2D eigenvalue weighted by molar-refractivity contribution is 0.132. The van der Waals surface area contributed by atoms with Gasteiger partial charge in [0.2, 0.25) is 0 Å². The van der Waals surface area contributed by atoms with Crippen LogP contribution in [-0.2, 0) is 26.2 Å². The van der Waals surface area contributed by atoms with E-state index in [9.17, 15) is 0 Å². The van der Waals surface area contributed by atoms with Crippen molar-refractivity contribution in [3.63, 3.8) is 0 Å². The molecule has 4 aliphatic rings. The van der Waals surface area contributed by atoms with Crippen LogP contribution in [-0.4, -0.2) is 67.0 Å². The maximum atomic E-state index is 4.51. The second kappa shape index (κ2) is 9.90. The number of aromatic nitrogens is 4. The highest BCUT2D eigenvalue weighted by Crippen LogP contribution is 2.48. The van der Waals surface area contributed by atoms with E-state index in [1.807, 2.05) is 26.2 Å². The third-order valence-corrected chi connectivity index (χ3v) is 8.70. The first-order chi connectivity index (χ1) is 15.5. The van der Waals surface area contributed by atoms with Crippen LogP contribution in [0.2, 0.25) is 0 Å². The van der Waals surface area contributed by atoms with E-state index < -0.39 is 0 Å². The van der Waals surface area contributed by atoms with Gasteiger partial charge in [0.05, 0.1) is 11.4 Å². The molecule has 1 unspecified atom stereocenters. The highest BCUT2D eigenvalue weighted by Gasteiger charge is 2.45. The quantitative estimate of drug-likeness (QED) is 0.635. The van der Waals surface area contributed by atoms with Crippen LogP contribution in [0.3, 0.4) is 0 Å². The van der Waals surface area contributed by atoms with E-state index in [0.29, 0.717) is 16.9 Å². The van der Waals surface area contributed by atoms with Crippen LogP contribution >= 0.6 is 11.8 Å². The number of thioether (sulfide) groups is 1. The van der Waals surface area contributed by atoms with Crippen LogP contribution in [0.25, 0.3) is 0 Å². The van der Waals surface area contributed by atoms with Crippen molar-refractivity contribution in [1.29, 1.82) is 0 Å². The number of hydrogen-bond acceptors (Lipinski definition) is 5. The van der Waals surface area contributed by atoms with Gasteiger partial charge in [-0.05, 0) is 58.0 Å². The zero-order chi connectivity index (χ0) is 22.8. The lowest BCUT2D eigenvalue weighted by atomic mass is 9.87. The second-order valence-corrected chi connectivity index (χ2v) is 11.5. The van der Waals surface area contributed by atoms with Crippen LogP contribution in [0.4, 0.5) is 0 Å². The van der Waals surface area contributed by atoms with Crippen LogP contribution in [0.1, 0.15) is 58.3 Å². The van der Waals surface area contributed by atoms with Gasteiger partial charge in [-0.15, -0.1) is 0 Å². The molecular formula is C25H42N6S. The van der Waals surface area contributed by atoms with Gasteiger partial charge in [0.25, 0.3) is 0 Å². The van der Waals surface area contributed by atoms with Crippen molar-refractivity contribution >= 4 is 11.8 Å². The fourth-order valence-electron chi connectivity index (χ4n) is 5.37. The Hall–Kier alpha value is -1.31. The van der Waals surface area contributed by atoms with E-state index >= 15 is 0 Å². The van der Waals surface area contributed by atoms with Crippen LogP contribution in [0, 0.1) is 10.8 Å². The molecule has 3 aliphatic heterocycles. The van der Waals surface area contributed by atoms with Gasteiger partial charge in [0.1, 0.15) is 0 Å². The zero-order valence-corrected chi connectivity index (χ0v) is 21.6. The molecule has 0 aromatic carbocycles. The van der Waals surface area contributed by atoms with E-state index in [2.05, 4.69) is 74.2 Å². The van der Waals surface area contributed by atoms with Crippen molar-refractivity contribution in [2.24, 2.45) is 10.8 Å². The largest absolute Gasteiger partial charge is 0.300 e. The number of hydrogen-bond donors (Lipinski definition) is 0. The smallest absolute Gasteiger partial charge is 0.0524 e. The van der Waals surface area contributed by atoms with Crippen molar-refractivity contribution in [2.45, 2.75) is 79.2 Å². The van der Waals surface area contributed by atoms with Crippen molar-refractivity contribution in [1.82, 2.24) is 29.4 Å². The normalized spacial score (nSPS) is 26.4. The van der Waals surface area contributed by atoms with Crippen molar-refractivity contribution < 1.29 is 0 Å². The monoisotopic (exact) mass is 458 g/mol. The summed E-state index contributed by atoms with van der Waals surface area (Å²) in [6, 6.07) is 4.94. The molecule has 7 heteroatoms. The molecule has 0 bridgehead atoms. The standard InChI is InChI=1S/C13H21N3S.C10H15N3.C2H6/c1-11(2)15-7-12-3-5-14-16(12)9-13(8-15)4-6-17-10-13;1-12-6-9-2-5-11-13(9)8-10(7-12)3-4-10;1-2/h3,5,11H,4,6-10H2,1-2H3;2,5H,3-4,6-8H2,1H3;1-2H3. The maximum Gasteiger partial charge on any atom is 0.0524 e. The number of nitrogens with zero attached hydrogens (tertiary/aromatic N) is 6. The third kappa shape index (κ3) is 5.26.